The van der Waals surface area contributed by atoms with Crippen LogP contribution in [0.2, 0.25) is 0 Å². The molecule has 0 atom stereocenters. The lowest BCUT2D eigenvalue weighted by Gasteiger charge is -2.45. The highest BCUT2D eigenvalue weighted by Crippen LogP contribution is 2.45. The summed E-state index contributed by atoms with van der Waals surface area (Å²) in [5, 5.41) is 6.91. The van der Waals surface area contributed by atoms with Gasteiger partial charge in [-0.2, -0.15) is 0 Å². The summed E-state index contributed by atoms with van der Waals surface area (Å²) in [6, 6.07) is 0.242. The van der Waals surface area contributed by atoms with Gasteiger partial charge in [0.2, 0.25) is 0 Å². The van der Waals surface area contributed by atoms with Gasteiger partial charge in [-0.05, 0) is 30.1 Å². The molecule has 112 valence electrons. The molecule has 0 bridgehead atoms. The van der Waals surface area contributed by atoms with Gasteiger partial charge in [0, 0.05) is 16.8 Å². The molecule has 1 aliphatic rings. The summed E-state index contributed by atoms with van der Waals surface area (Å²) in [7, 11) is 1.60. The Labute approximate surface area is 125 Å². The van der Waals surface area contributed by atoms with Gasteiger partial charge < -0.3 is 10.1 Å². The first-order chi connectivity index (χ1) is 9.22. The Morgan fingerprint density at radius 2 is 1.85 bits per heavy atom. The minimum Gasteiger partial charge on any atom is -0.495 e. The molecule has 1 N–H and O–H groups in total. The molecule has 0 aromatic carbocycles. The van der Waals surface area contributed by atoms with Crippen LogP contribution in [0.25, 0.3) is 0 Å². The predicted molar refractivity (Wildman–Crippen MR) is 83.5 cm³/mol. The fourth-order valence-electron chi connectivity index (χ4n) is 3.82. The largest absolute Gasteiger partial charge is 0.495 e. The maximum Gasteiger partial charge on any atom is 0.256 e. The zero-order valence-corrected chi connectivity index (χ0v) is 13.9. The number of thiophene rings is 1. The van der Waals surface area contributed by atoms with Gasteiger partial charge in [0.25, 0.3) is 5.91 Å². The predicted octanol–water partition coefficient (Wildman–Crippen LogP) is 4.09. The minimum atomic E-state index is -0.0124. The van der Waals surface area contributed by atoms with Crippen LogP contribution in [-0.4, -0.2) is 19.1 Å². The molecule has 0 saturated heterocycles. The van der Waals surface area contributed by atoms with E-state index in [0.29, 0.717) is 11.3 Å². The zero-order valence-electron chi connectivity index (χ0n) is 13.1. The quantitative estimate of drug-likeness (QED) is 0.912. The van der Waals surface area contributed by atoms with Crippen molar-refractivity contribution in [3.63, 3.8) is 0 Å². The van der Waals surface area contributed by atoms with E-state index in [4.69, 9.17) is 4.74 Å². The summed E-state index contributed by atoms with van der Waals surface area (Å²) in [5.41, 5.74) is 1.20. The standard InChI is InChI=1S/C16H25NO2S/c1-15(2)6-11(7-16(3,4)10-15)17-14(18)12-8-20-9-13(12)19-5/h8-9,11H,6-7,10H2,1-5H3,(H,17,18). The summed E-state index contributed by atoms with van der Waals surface area (Å²) < 4.78 is 5.23. The molecule has 1 aromatic heterocycles. The van der Waals surface area contributed by atoms with Gasteiger partial charge in [-0.15, -0.1) is 11.3 Å². The van der Waals surface area contributed by atoms with Crippen molar-refractivity contribution in [2.45, 2.75) is 53.0 Å². The van der Waals surface area contributed by atoms with Crippen LogP contribution in [0.5, 0.6) is 5.75 Å². The molecule has 4 heteroatoms. The number of methoxy groups -OCH3 is 1. The number of carbonyl (C=O) groups is 1. The van der Waals surface area contributed by atoms with E-state index in [0.717, 1.165) is 12.8 Å². The van der Waals surface area contributed by atoms with Crippen molar-refractivity contribution in [1.82, 2.24) is 5.32 Å². The van der Waals surface area contributed by atoms with Crippen molar-refractivity contribution in [1.29, 1.82) is 0 Å². The molecule has 1 saturated carbocycles. The number of nitrogens with one attached hydrogen (secondary N) is 1. The molecule has 1 heterocycles. The van der Waals surface area contributed by atoms with Crippen LogP contribution in [0.15, 0.2) is 10.8 Å². The Morgan fingerprint density at radius 3 is 2.40 bits per heavy atom. The third-order valence-electron chi connectivity index (χ3n) is 3.98. The first-order valence-corrected chi connectivity index (χ1v) is 8.08. The second-order valence-electron chi connectivity index (χ2n) is 7.44. The van der Waals surface area contributed by atoms with Crippen LogP contribution < -0.4 is 10.1 Å². The number of carbonyl (C=O) groups excluding carboxylic acids is 1. The molecule has 1 amide bonds. The summed E-state index contributed by atoms with van der Waals surface area (Å²) in [6.07, 6.45) is 3.28. The van der Waals surface area contributed by atoms with Gasteiger partial charge in [0.1, 0.15) is 5.75 Å². The Morgan fingerprint density at radius 1 is 1.25 bits per heavy atom. The number of rotatable bonds is 3. The van der Waals surface area contributed by atoms with E-state index in [1.165, 1.54) is 17.8 Å². The number of hydrogen-bond donors (Lipinski definition) is 1. The molecular formula is C16H25NO2S. The van der Waals surface area contributed by atoms with Gasteiger partial charge in [0.15, 0.2) is 0 Å². The summed E-state index contributed by atoms with van der Waals surface area (Å²) in [6.45, 7) is 9.16. The van der Waals surface area contributed by atoms with Crippen molar-refractivity contribution in [3.8, 4) is 5.75 Å². The van der Waals surface area contributed by atoms with E-state index in [1.807, 2.05) is 10.8 Å². The monoisotopic (exact) mass is 295 g/mol. The van der Waals surface area contributed by atoms with Crippen molar-refractivity contribution in [2.24, 2.45) is 10.8 Å². The molecular weight excluding hydrogens is 270 g/mol. The minimum absolute atomic E-state index is 0.0124. The van der Waals surface area contributed by atoms with Crippen molar-refractivity contribution < 1.29 is 9.53 Å². The highest BCUT2D eigenvalue weighted by atomic mass is 32.1. The van der Waals surface area contributed by atoms with Crippen LogP contribution in [0, 0.1) is 10.8 Å². The SMILES string of the molecule is COc1cscc1C(=O)NC1CC(C)(C)CC(C)(C)C1. The van der Waals surface area contributed by atoms with Gasteiger partial charge in [-0.1, -0.05) is 27.7 Å². The second-order valence-corrected chi connectivity index (χ2v) is 8.18. The Bertz CT molecular complexity index is 474. The number of hydrogen-bond acceptors (Lipinski definition) is 3. The third-order valence-corrected chi connectivity index (χ3v) is 4.70. The Hall–Kier alpha value is -1.03. The van der Waals surface area contributed by atoms with Crippen LogP contribution in [0.3, 0.4) is 0 Å². The highest BCUT2D eigenvalue weighted by molar-refractivity contribution is 7.08. The molecule has 0 spiro atoms. The molecule has 1 aliphatic carbocycles. The summed E-state index contributed by atoms with van der Waals surface area (Å²) in [4.78, 5) is 12.4. The lowest BCUT2D eigenvalue weighted by Crippen LogP contribution is -2.46. The van der Waals surface area contributed by atoms with Gasteiger partial charge >= 0.3 is 0 Å². The molecule has 3 nitrogen and oxygen atoms in total. The van der Waals surface area contributed by atoms with E-state index in [2.05, 4.69) is 33.0 Å². The van der Waals surface area contributed by atoms with E-state index >= 15 is 0 Å². The summed E-state index contributed by atoms with van der Waals surface area (Å²) >= 11 is 1.49. The van der Waals surface area contributed by atoms with Crippen molar-refractivity contribution in [2.75, 3.05) is 7.11 Å². The molecule has 0 aliphatic heterocycles. The molecule has 0 unspecified atom stereocenters. The van der Waals surface area contributed by atoms with E-state index in [1.54, 1.807) is 7.11 Å². The molecule has 0 radical (unpaired) electrons. The fourth-order valence-corrected chi connectivity index (χ4v) is 4.59. The van der Waals surface area contributed by atoms with Crippen LogP contribution in [-0.2, 0) is 0 Å². The molecule has 1 fully saturated rings. The number of amides is 1. The topological polar surface area (TPSA) is 38.3 Å². The average Bonchev–Trinajstić information content (AvgIpc) is 2.71. The van der Waals surface area contributed by atoms with Crippen molar-refractivity contribution >= 4 is 17.2 Å². The van der Waals surface area contributed by atoms with E-state index < -0.39 is 0 Å². The third kappa shape index (κ3) is 3.54. The van der Waals surface area contributed by atoms with Crippen LogP contribution >= 0.6 is 11.3 Å². The van der Waals surface area contributed by atoms with Crippen LogP contribution in [0.4, 0.5) is 0 Å². The molecule has 2 rings (SSSR count). The molecule has 20 heavy (non-hydrogen) atoms. The lowest BCUT2D eigenvalue weighted by molar-refractivity contribution is 0.0712. The van der Waals surface area contributed by atoms with E-state index in [-0.39, 0.29) is 22.8 Å². The van der Waals surface area contributed by atoms with Gasteiger partial charge in [-0.3, -0.25) is 4.79 Å². The smallest absolute Gasteiger partial charge is 0.256 e. The lowest BCUT2D eigenvalue weighted by atomic mass is 9.63. The van der Waals surface area contributed by atoms with Crippen molar-refractivity contribution in [3.05, 3.63) is 16.3 Å². The normalized spacial score (nSPS) is 21.4. The first kappa shape index (κ1) is 15.4. The Balaban J connectivity index is 2.08. The van der Waals surface area contributed by atoms with Crippen LogP contribution in [0.1, 0.15) is 57.3 Å². The van der Waals surface area contributed by atoms with Gasteiger partial charge in [0.05, 0.1) is 12.7 Å². The maximum absolute atomic E-state index is 12.4. The zero-order chi connectivity index (χ0) is 15.0. The number of ether oxygens (including phenoxy) is 1. The van der Waals surface area contributed by atoms with E-state index in [9.17, 15) is 4.79 Å². The molecule has 1 aromatic rings. The maximum atomic E-state index is 12.4. The average molecular weight is 295 g/mol. The Kier molecular flexibility index (Phi) is 4.14. The first-order valence-electron chi connectivity index (χ1n) is 7.13. The van der Waals surface area contributed by atoms with Gasteiger partial charge in [-0.25, -0.2) is 0 Å². The fraction of sp³-hybridized carbons (Fsp3) is 0.688. The highest BCUT2D eigenvalue weighted by Gasteiger charge is 2.39. The summed E-state index contributed by atoms with van der Waals surface area (Å²) in [5.74, 6) is 0.656. The second kappa shape index (κ2) is 5.40.